The molecule has 0 unspecified atom stereocenters. The van der Waals surface area contributed by atoms with E-state index in [1.54, 1.807) is 25.0 Å². The second-order valence-electron chi connectivity index (χ2n) is 23.6. The zero-order chi connectivity index (χ0) is 50.1. The molecule has 0 radical (unpaired) electrons. The number of aryl methyl sites for hydroxylation is 1. The third-order valence-electron chi connectivity index (χ3n) is 12.1. The normalized spacial score (nSPS) is 18.1. The quantitative estimate of drug-likeness (QED) is 0.106. The summed E-state index contributed by atoms with van der Waals surface area (Å²) in [4.78, 5) is 0. The van der Waals surface area contributed by atoms with Crippen LogP contribution in [0.4, 0.5) is 0 Å². The number of aliphatic hydroxyl groups excluding tert-OH is 5. The van der Waals surface area contributed by atoms with Crippen LogP contribution in [-0.4, -0.2) is 76.1 Å². The Morgan fingerprint density at radius 3 is 1.60 bits per heavy atom. The molecule has 0 spiro atoms. The van der Waals surface area contributed by atoms with Crippen molar-refractivity contribution >= 4 is 0 Å². The summed E-state index contributed by atoms with van der Waals surface area (Å²) in [5.74, 6) is 2.93. The Bertz CT molecular complexity index is 1490. The van der Waals surface area contributed by atoms with E-state index in [1.165, 1.54) is 74.5 Å². The number of ether oxygens (including phenoxy) is 2. The van der Waals surface area contributed by atoms with Crippen molar-refractivity contribution in [3.63, 3.8) is 0 Å². The minimum Gasteiger partial charge on any atom is -0.394 e. The first-order valence-electron chi connectivity index (χ1n) is 25.4. The molecule has 1 fully saturated rings. The standard InChI is InChI=1S/C15H24.C13H24.C12H24O2.C10H14.C8H18O5/c1-12(2)6-7-13-8-10-14(11-9-13)15(3,4)5;1-10(2)9-12-11(3)7-6-8-13(12,4)5;1-10(2)6-5-7-11-13-8-12(3,4)9-14-11;1-9(2)8-10-6-4-3-5-7-10;1-4(2)6(11)8(13)7(12)5(10)3-9/h8-12H,6-7H2,1-5H3;10H,6-9H2,1-5H3;10-11H,5-9H2,1-4H3;3-7,9H,8H2,1-2H3;4-13H,3H2,1-2H3/t;;;;5-,6-,7-,8-/m....1/s1. The van der Waals surface area contributed by atoms with Gasteiger partial charge in [-0.05, 0) is 122 Å². The summed E-state index contributed by atoms with van der Waals surface area (Å²) in [6, 6.07) is 19.7. The summed E-state index contributed by atoms with van der Waals surface area (Å²) in [6.45, 7) is 40.9. The van der Waals surface area contributed by atoms with Gasteiger partial charge < -0.3 is 35.0 Å². The molecule has 7 nitrogen and oxygen atoms in total. The molecule has 0 saturated carbocycles. The van der Waals surface area contributed by atoms with Crippen molar-refractivity contribution in [1.29, 1.82) is 0 Å². The number of hydrogen-bond donors (Lipinski definition) is 5. The maximum atomic E-state index is 9.31. The van der Waals surface area contributed by atoms with Gasteiger partial charge in [0.25, 0.3) is 0 Å². The van der Waals surface area contributed by atoms with Crippen LogP contribution in [0.15, 0.2) is 65.7 Å². The molecule has 1 saturated heterocycles. The molecule has 1 heterocycles. The number of rotatable bonds is 16. The second kappa shape index (κ2) is 31.9. The van der Waals surface area contributed by atoms with Gasteiger partial charge in [0.1, 0.15) is 18.3 Å². The first-order valence-corrected chi connectivity index (χ1v) is 25.4. The molecule has 4 rings (SSSR count). The van der Waals surface area contributed by atoms with Gasteiger partial charge in [-0.25, -0.2) is 0 Å². The summed E-state index contributed by atoms with van der Waals surface area (Å²) in [6.07, 6.45) is 7.18. The molecule has 2 aromatic carbocycles. The van der Waals surface area contributed by atoms with Gasteiger partial charge in [0, 0.05) is 5.41 Å². The highest BCUT2D eigenvalue weighted by Gasteiger charge is 2.32. The van der Waals surface area contributed by atoms with Crippen molar-refractivity contribution in [2.75, 3.05) is 19.8 Å². The van der Waals surface area contributed by atoms with Crippen LogP contribution in [0.5, 0.6) is 0 Å². The van der Waals surface area contributed by atoms with Crippen LogP contribution in [0.1, 0.15) is 193 Å². The second-order valence-corrected chi connectivity index (χ2v) is 23.6. The summed E-state index contributed by atoms with van der Waals surface area (Å²) in [5, 5.41) is 45.2. The van der Waals surface area contributed by atoms with Gasteiger partial charge in [0.15, 0.2) is 6.29 Å². The van der Waals surface area contributed by atoms with Crippen molar-refractivity contribution in [2.45, 2.75) is 225 Å². The van der Waals surface area contributed by atoms with Crippen molar-refractivity contribution in [1.82, 2.24) is 0 Å². The minimum atomic E-state index is -1.53. The Balaban J connectivity index is 0.000000792. The lowest BCUT2D eigenvalue weighted by Crippen LogP contribution is -2.47. The van der Waals surface area contributed by atoms with Gasteiger partial charge in [0.05, 0.1) is 25.9 Å². The predicted molar refractivity (Wildman–Crippen MR) is 277 cm³/mol. The van der Waals surface area contributed by atoms with Crippen LogP contribution < -0.4 is 0 Å². The molecule has 5 N–H and O–H groups in total. The van der Waals surface area contributed by atoms with E-state index < -0.39 is 31.0 Å². The van der Waals surface area contributed by atoms with Gasteiger partial charge in [0.2, 0.25) is 0 Å². The maximum absolute atomic E-state index is 9.31. The van der Waals surface area contributed by atoms with Crippen LogP contribution in [0.3, 0.4) is 0 Å². The molecule has 1 aliphatic carbocycles. The predicted octanol–water partition coefficient (Wildman–Crippen LogP) is 13.3. The Morgan fingerprint density at radius 1 is 0.646 bits per heavy atom. The van der Waals surface area contributed by atoms with E-state index in [9.17, 15) is 15.3 Å². The molecular formula is C58H104O7. The molecule has 0 aromatic heterocycles. The van der Waals surface area contributed by atoms with Gasteiger partial charge in [-0.1, -0.05) is 190 Å². The Hall–Kier alpha value is -2.10. The molecule has 1 aliphatic heterocycles. The summed E-state index contributed by atoms with van der Waals surface area (Å²) < 4.78 is 11.3. The van der Waals surface area contributed by atoms with Crippen LogP contribution >= 0.6 is 0 Å². The maximum Gasteiger partial charge on any atom is 0.157 e. The van der Waals surface area contributed by atoms with Gasteiger partial charge >= 0.3 is 0 Å². The molecule has 378 valence electrons. The van der Waals surface area contributed by atoms with E-state index in [4.69, 9.17) is 19.7 Å². The largest absolute Gasteiger partial charge is 0.394 e. The SMILES string of the molecule is CC(C)CCCC1OCC(C)(C)CO1.CC(C)CCc1ccc(C(C)(C)C)cc1.CC(C)Cc1ccccc1.CC(C)[C@@H](O)[C@@H](O)[C@H](O)[C@H](O)CO.CC1=C(CC(C)C)C(C)(C)CCC1. The van der Waals surface area contributed by atoms with E-state index in [1.807, 2.05) is 0 Å². The van der Waals surface area contributed by atoms with Gasteiger partial charge in [-0.3, -0.25) is 0 Å². The lowest BCUT2D eigenvalue weighted by atomic mass is 9.70. The fourth-order valence-electron chi connectivity index (χ4n) is 7.76. The van der Waals surface area contributed by atoms with Crippen LogP contribution in [0.25, 0.3) is 0 Å². The first-order chi connectivity index (χ1) is 30.0. The Kier molecular flexibility index (Phi) is 30.8. The lowest BCUT2D eigenvalue weighted by molar-refractivity contribution is -0.224. The van der Waals surface area contributed by atoms with Crippen molar-refractivity contribution in [2.24, 2.45) is 40.4 Å². The summed E-state index contributed by atoms with van der Waals surface area (Å²) >= 11 is 0. The van der Waals surface area contributed by atoms with E-state index in [0.717, 1.165) is 43.3 Å². The minimum absolute atomic E-state index is 0.0572. The third kappa shape index (κ3) is 28.7. The molecule has 0 bridgehead atoms. The number of benzene rings is 2. The highest BCUT2D eigenvalue weighted by atomic mass is 16.7. The molecule has 4 atom stereocenters. The van der Waals surface area contributed by atoms with E-state index in [0.29, 0.717) is 5.41 Å². The van der Waals surface area contributed by atoms with E-state index in [-0.39, 0.29) is 23.0 Å². The fourth-order valence-corrected chi connectivity index (χ4v) is 7.76. The molecular weight excluding hydrogens is 809 g/mol. The topological polar surface area (TPSA) is 120 Å². The van der Waals surface area contributed by atoms with E-state index >= 15 is 0 Å². The summed E-state index contributed by atoms with van der Waals surface area (Å²) in [5.41, 5.74) is 8.71. The van der Waals surface area contributed by atoms with Crippen LogP contribution in [0, 0.1) is 40.4 Å². The molecule has 2 aliphatic rings. The van der Waals surface area contributed by atoms with Crippen molar-refractivity contribution in [3.8, 4) is 0 Å². The number of hydrogen-bond acceptors (Lipinski definition) is 7. The number of aliphatic hydroxyl groups is 5. The zero-order valence-electron chi connectivity index (χ0n) is 45.2. The van der Waals surface area contributed by atoms with Gasteiger partial charge in [-0.15, -0.1) is 0 Å². The molecule has 2 aromatic rings. The molecule has 7 heteroatoms. The highest BCUT2D eigenvalue weighted by Crippen LogP contribution is 2.43. The molecule has 65 heavy (non-hydrogen) atoms. The third-order valence-corrected chi connectivity index (χ3v) is 12.1. The Morgan fingerprint density at radius 2 is 1.17 bits per heavy atom. The van der Waals surface area contributed by atoms with Crippen molar-refractivity contribution in [3.05, 3.63) is 82.4 Å². The van der Waals surface area contributed by atoms with Crippen molar-refractivity contribution < 1.29 is 35.0 Å². The summed E-state index contributed by atoms with van der Waals surface area (Å²) in [7, 11) is 0. The average molecular weight is 913 g/mol. The zero-order valence-corrected chi connectivity index (χ0v) is 45.2. The van der Waals surface area contributed by atoms with Crippen LogP contribution in [-0.2, 0) is 27.7 Å². The molecule has 0 amide bonds. The van der Waals surface area contributed by atoms with Crippen LogP contribution in [0.2, 0.25) is 0 Å². The smallest absolute Gasteiger partial charge is 0.157 e. The number of allylic oxidation sites excluding steroid dienone is 2. The van der Waals surface area contributed by atoms with Gasteiger partial charge in [-0.2, -0.15) is 0 Å². The van der Waals surface area contributed by atoms with E-state index in [2.05, 4.69) is 165 Å². The fraction of sp³-hybridized carbons (Fsp3) is 0.759. The highest BCUT2D eigenvalue weighted by molar-refractivity contribution is 5.27. The average Bonchev–Trinajstić information content (AvgIpc) is 3.21. The monoisotopic (exact) mass is 913 g/mol. The first kappa shape index (κ1) is 62.9. The Labute approximate surface area is 401 Å². The lowest BCUT2D eigenvalue weighted by Gasteiger charge is -2.35.